The van der Waals surface area contributed by atoms with Gasteiger partial charge in [0.25, 0.3) is 0 Å². The zero-order valence-corrected chi connectivity index (χ0v) is 11.4. The first-order valence-corrected chi connectivity index (χ1v) is 6.55. The number of aromatic nitrogens is 4. The van der Waals surface area contributed by atoms with Gasteiger partial charge in [-0.25, -0.2) is 9.07 Å². The van der Waals surface area contributed by atoms with Gasteiger partial charge in [0, 0.05) is 11.3 Å². The SMILES string of the molecule is CC(c1ccccc1)n1nnnc1-c1ccc(F)cc1N. The summed E-state index contributed by atoms with van der Waals surface area (Å²) in [6.07, 6.45) is 0. The standard InChI is InChI=1S/C15H14FN5/c1-10(11-5-3-2-4-6-11)21-15(18-19-20-21)13-8-7-12(16)9-14(13)17/h2-10H,17H2,1H3. The van der Waals surface area contributed by atoms with E-state index in [0.29, 0.717) is 17.1 Å². The second kappa shape index (κ2) is 5.32. The predicted octanol–water partition coefficient (Wildman–Crippen LogP) is 2.67. The molecule has 0 bridgehead atoms. The van der Waals surface area contributed by atoms with Crippen molar-refractivity contribution in [1.29, 1.82) is 0 Å². The topological polar surface area (TPSA) is 69.6 Å². The van der Waals surface area contributed by atoms with E-state index in [1.54, 1.807) is 10.7 Å². The smallest absolute Gasteiger partial charge is 0.184 e. The summed E-state index contributed by atoms with van der Waals surface area (Å²) in [7, 11) is 0. The molecule has 0 aliphatic rings. The van der Waals surface area contributed by atoms with Gasteiger partial charge in [0.05, 0.1) is 6.04 Å². The summed E-state index contributed by atoms with van der Waals surface area (Å²) in [5.74, 6) is 0.134. The molecular weight excluding hydrogens is 269 g/mol. The maximum atomic E-state index is 13.2. The molecule has 3 rings (SSSR count). The Balaban J connectivity index is 2.05. The Kier molecular flexibility index (Phi) is 3.35. The lowest BCUT2D eigenvalue weighted by atomic mass is 10.1. The van der Waals surface area contributed by atoms with Crippen LogP contribution in [0.5, 0.6) is 0 Å². The van der Waals surface area contributed by atoms with Crippen molar-refractivity contribution in [3.05, 3.63) is 59.9 Å². The molecule has 0 aliphatic heterocycles. The Morgan fingerprint density at radius 2 is 1.90 bits per heavy atom. The van der Waals surface area contributed by atoms with Crippen LogP contribution in [0, 0.1) is 5.82 Å². The molecule has 1 atom stereocenters. The Morgan fingerprint density at radius 1 is 1.14 bits per heavy atom. The van der Waals surface area contributed by atoms with Crippen LogP contribution >= 0.6 is 0 Å². The highest BCUT2D eigenvalue weighted by atomic mass is 19.1. The van der Waals surface area contributed by atoms with Crippen molar-refractivity contribution >= 4 is 5.69 Å². The lowest BCUT2D eigenvalue weighted by Crippen LogP contribution is -2.11. The molecule has 0 saturated carbocycles. The number of anilines is 1. The van der Waals surface area contributed by atoms with Crippen LogP contribution in [-0.2, 0) is 0 Å². The minimum absolute atomic E-state index is 0.0550. The van der Waals surface area contributed by atoms with Crippen LogP contribution in [0.4, 0.5) is 10.1 Å². The van der Waals surface area contributed by atoms with Crippen LogP contribution in [0.25, 0.3) is 11.4 Å². The van der Waals surface area contributed by atoms with Crippen molar-refractivity contribution in [1.82, 2.24) is 20.2 Å². The highest BCUT2D eigenvalue weighted by molar-refractivity contribution is 5.71. The number of halogens is 1. The van der Waals surface area contributed by atoms with Crippen LogP contribution in [0.15, 0.2) is 48.5 Å². The van der Waals surface area contributed by atoms with Gasteiger partial charge in [-0.05, 0) is 41.1 Å². The molecule has 3 aromatic rings. The quantitative estimate of drug-likeness (QED) is 0.750. The summed E-state index contributed by atoms with van der Waals surface area (Å²) in [6.45, 7) is 1.99. The van der Waals surface area contributed by atoms with Gasteiger partial charge in [0.2, 0.25) is 0 Å². The highest BCUT2D eigenvalue weighted by Crippen LogP contribution is 2.27. The van der Waals surface area contributed by atoms with Gasteiger partial charge >= 0.3 is 0 Å². The largest absolute Gasteiger partial charge is 0.398 e. The molecule has 0 amide bonds. The van der Waals surface area contributed by atoms with Crippen molar-refractivity contribution < 1.29 is 4.39 Å². The summed E-state index contributed by atoms with van der Waals surface area (Å²) in [5.41, 5.74) is 7.87. The third-order valence-corrected chi connectivity index (χ3v) is 3.40. The zero-order valence-electron chi connectivity index (χ0n) is 11.4. The number of hydrogen-bond acceptors (Lipinski definition) is 4. The fourth-order valence-electron chi connectivity index (χ4n) is 2.24. The van der Waals surface area contributed by atoms with Gasteiger partial charge in [0.15, 0.2) is 5.82 Å². The van der Waals surface area contributed by atoms with Gasteiger partial charge in [-0.3, -0.25) is 0 Å². The zero-order chi connectivity index (χ0) is 14.8. The second-order valence-corrected chi connectivity index (χ2v) is 4.77. The molecule has 5 nitrogen and oxygen atoms in total. The van der Waals surface area contributed by atoms with E-state index in [-0.39, 0.29) is 11.9 Å². The average Bonchev–Trinajstić information content (AvgIpc) is 2.96. The number of tetrazole rings is 1. The number of hydrogen-bond donors (Lipinski definition) is 1. The van der Waals surface area contributed by atoms with Gasteiger partial charge in [-0.2, -0.15) is 0 Å². The molecule has 106 valence electrons. The Labute approximate surface area is 121 Å². The summed E-state index contributed by atoms with van der Waals surface area (Å²) in [6, 6.07) is 14.0. The van der Waals surface area contributed by atoms with E-state index in [1.807, 2.05) is 37.3 Å². The number of nitrogens with two attached hydrogens (primary N) is 1. The highest BCUT2D eigenvalue weighted by Gasteiger charge is 2.18. The molecule has 0 aliphatic carbocycles. The Morgan fingerprint density at radius 3 is 2.62 bits per heavy atom. The second-order valence-electron chi connectivity index (χ2n) is 4.77. The molecule has 0 spiro atoms. The number of nitrogens with zero attached hydrogens (tertiary/aromatic N) is 4. The number of benzene rings is 2. The third-order valence-electron chi connectivity index (χ3n) is 3.40. The first kappa shape index (κ1) is 13.2. The van der Waals surface area contributed by atoms with Crippen molar-refractivity contribution in [2.75, 3.05) is 5.73 Å². The molecule has 2 aromatic carbocycles. The van der Waals surface area contributed by atoms with E-state index < -0.39 is 0 Å². The number of nitrogen functional groups attached to an aromatic ring is 1. The van der Waals surface area contributed by atoms with E-state index in [2.05, 4.69) is 15.5 Å². The summed E-state index contributed by atoms with van der Waals surface area (Å²) in [5, 5.41) is 11.8. The summed E-state index contributed by atoms with van der Waals surface area (Å²) >= 11 is 0. The first-order valence-electron chi connectivity index (χ1n) is 6.55. The molecule has 1 heterocycles. The fraction of sp³-hybridized carbons (Fsp3) is 0.133. The fourth-order valence-corrected chi connectivity index (χ4v) is 2.24. The monoisotopic (exact) mass is 283 g/mol. The summed E-state index contributed by atoms with van der Waals surface area (Å²) < 4.78 is 14.9. The molecule has 2 N–H and O–H groups in total. The summed E-state index contributed by atoms with van der Waals surface area (Å²) in [4.78, 5) is 0. The molecular formula is C15H14FN5. The van der Waals surface area contributed by atoms with Crippen molar-refractivity contribution in [2.45, 2.75) is 13.0 Å². The van der Waals surface area contributed by atoms with Gasteiger partial charge in [-0.15, -0.1) is 5.10 Å². The maximum absolute atomic E-state index is 13.2. The van der Waals surface area contributed by atoms with Crippen LogP contribution in [0.1, 0.15) is 18.5 Å². The van der Waals surface area contributed by atoms with Crippen LogP contribution in [0.2, 0.25) is 0 Å². The lowest BCUT2D eigenvalue weighted by molar-refractivity contribution is 0.548. The van der Waals surface area contributed by atoms with Crippen LogP contribution in [-0.4, -0.2) is 20.2 Å². The van der Waals surface area contributed by atoms with Crippen molar-refractivity contribution in [3.63, 3.8) is 0 Å². The average molecular weight is 283 g/mol. The molecule has 1 unspecified atom stereocenters. The lowest BCUT2D eigenvalue weighted by Gasteiger charge is -2.14. The normalized spacial score (nSPS) is 12.3. The maximum Gasteiger partial charge on any atom is 0.184 e. The van der Waals surface area contributed by atoms with E-state index >= 15 is 0 Å². The molecule has 21 heavy (non-hydrogen) atoms. The minimum atomic E-state index is -0.383. The van der Waals surface area contributed by atoms with E-state index in [4.69, 9.17) is 5.73 Å². The van der Waals surface area contributed by atoms with Gasteiger partial charge in [0.1, 0.15) is 5.82 Å². The van der Waals surface area contributed by atoms with Crippen molar-refractivity contribution in [2.24, 2.45) is 0 Å². The molecule has 6 heteroatoms. The van der Waals surface area contributed by atoms with Gasteiger partial charge < -0.3 is 5.73 Å². The molecule has 0 saturated heterocycles. The molecule has 0 radical (unpaired) electrons. The van der Waals surface area contributed by atoms with E-state index in [1.165, 1.54) is 12.1 Å². The number of rotatable bonds is 3. The van der Waals surface area contributed by atoms with E-state index in [9.17, 15) is 4.39 Å². The van der Waals surface area contributed by atoms with Crippen LogP contribution < -0.4 is 5.73 Å². The minimum Gasteiger partial charge on any atom is -0.398 e. The Bertz CT molecular complexity index is 754. The van der Waals surface area contributed by atoms with E-state index in [0.717, 1.165) is 5.56 Å². The molecule has 1 aromatic heterocycles. The Hall–Kier alpha value is -2.76. The first-order chi connectivity index (χ1) is 10.2. The molecule has 0 fully saturated rings. The predicted molar refractivity (Wildman–Crippen MR) is 77.9 cm³/mol. The van der Waals surface area contributed by atoms with Crippen molar-refractivity contribution in [3.8, 4) is 11.4 Å². The van der Waals surface area contributed by atoms with Gasteiger partial charge in [-0.1, -0.05) is 30.3 Å². The van der Waals surface area contributed by atoms with Crippen LogP contribution in [0.3, 0.4) is 0 Å². The third kappa shape index (κ3) is 2.47.